The molecule has 0 amide bonds. The van der Waals surface area contributed by atoms with E-state index in [1.54, 1.807) is 4.72 Å². The lowest BCUT2D eigenvalue weighted by Gasteiger charge is -2.09. The van der Waals surface area contributed by atoms with Crippen LogP contribution in [0.25, 0.3) is 0 Å². The van der Waals surface area contributed by atoms with Gasteiger partial charge in [0.15, 0.2) is 0 Å². The molecule has 1 radical (unpaired) electrons. The lowest BCUT2D eigenvalue weighted by atomic mass is 10.3. The molecule has 0 saturated carbocycles. The Hall–Kier alpha value is -1.28. The van der Waals surface area contributed by atoms with Crippen molar-refractivity contribution < 1.29 is 26.3 Å². The predicted molar refractivity (Wildman–Crippen MR) is 48.8 cm³/mol. The zero-order chi connectivity index (χ0) is 12.4. The summed E-state index contributed by atoms with van der Waals surface area (Å²) in [6.45, 7) is 0. The minimum Gasteiger partial charge on any atom is -0.406 e. The molecule has 0 unspecified atom stereocenters. The summed E-state index contributed by atoms with van der Waals surface area (Å²) in [5.74, 6) is -0.490. The molecule has 0 atom stereocenters. The Bertz CT molecular complexity index is 452. The molecular weight excluding hydrogens is 247 g/mol. The highest BCUT2D eigenvalue weighted by atomic mass is 32.2. The monoisotopic (exact) mass is 254 g/mol. The van der Waals surface area contributed by atoms with Crippen LogP contribution in [0.1, 0.15) is 0 Å². The SMILES string of the molecule is [CH2]NS(=O)(=O)c1ccc(OC(F)(F)F)cc1. The Morgan fingerprint density at radius 2 is 1.69 bits per heavy atom. The quantitative estimate of drug-likeness (QED) is 0.892. The molecule has 0 spiro atoms. The Morgan fingerprint density at radius 1 is 1.19 bits per heavy atom. The van der Waals surface area contributed by atoms with Crippen LogP contribution >= 0.6 is 0 Å². The second kappa shape index (κ2) is 4.30. The van der Waals surface area contributed by atoms with Gasteiger partial charge in [0.05, 0.1) is 4.90 Å². The first-order valence-electron chi connectivity index (χ1n) is 3.89. The fraction of sp³-hybridized carbons (Fsp3) is 0.125. The Morgan fingerprint density at radius 3 is 2.06 bits per heavy atom. The summed E-state index contributed by atoms with van der Waals surface area (Å²) in [6, 6.07) is 3.76. The number of alkyl halides is 3. The van der Waals surface area contributed by atoms with Crippen LogP contribution in [-0.2, 0) is 10.0 Å². The summed E-state index contributed by atoms with van der Waals surface area (Å²) >= 11 is 0. The maximum Gasteiger partial charge on any atom is 0.573 e. The van der Waals surface area contributed by atoms with Crippen molar-refractivity contribution in [2.24, 2.45) is 0 Å². The van der Waals surface area contributed by atoms with Crippen LogP contribution in [-0.4, -0.2) is 14.8 Å². The van der Waals surface area contributed by atoms with E-state index in [4.69, 9.17) is 0 Å². The van der Waals surface area contributed by atoms with Gasteiger partial charge in [0.1, 0.15) is 5.75 Å². The van der Waals surface area contributed by atoms with Gasteiger partial charge in [-0.1, -0.05) is 0 Å². The van der Waals surface area contributed by atoms with Crippen molar-refractivity contribution in [3.63, 3.8) is 0 Å². The minimum absolute atomic E-state index is 0.197. The Labute approximate surface area is 90.1 Å². The fourth-order valence-corrected chi connectivity index (χ4v) is 1.56. The first-order valence-corrected chi connectivity index (χ1v) is 5.37. The largest absolute Gasteiger partial charge is 0.573 e. The van der Waals surface area contributed by atoms with Gasteiger partial charge >= 0.3 is 6.36 Å². The van der Waals surface area contributed by atoms with Crippen LogP contribution in [0, 0.1) is 7.05 Å². The van der Waals surface area contributed by atoms with Gasteiger partial charge in [-0.05, 0) is 24.3 Å². The molecule has 0 aromatic heterocycles. The van der Waals surface area contributed by atoms with Gasteiger partial charge < -0.3 is 4.74 Å². The van der Waals surface area contributed by atoms with Crippen molar-refractivity contribution in [3.8, 4) is 5.75 Å². The van der Waals surface area contributed by atoms with Gasteiger partial charge in [-0.15, -0.1) is 13.2 Å². The second-order valence-corrected chi connectivity index (χ2v) is 4.43. The van der Waals surface area contributed by atoms with Crippen molar-refractivity contribution in [2.45, 2.75) is 11.3 Å². The molecule has 16 heavy (non-hydrogen) atoms. The predicted octanol–water partition coefficient (Wildman–Crippen LogP) is 1.66. The van der Waals surface area contributed by atoms with E-state index in [-0.39, 0.29) is 4.90 Å². The van der Waals surface area contributed by atoms with Gasteiger partial charge in [0.2, 0.25) is 10.0 Å². The first-order chi connectivity index (χ1) is 7.24. The highest BCUT2D eigenvalue weighted by Gasteiger charge is 2.31. The zero-order valence-electron chi connectivity index (χ0n) is 7.78. The third kappa shape index (κ3) is 3.38. The lowest BCUT2D eigenvalue weighted by molar-refractivity contribution is -0.274. The van der Waals surface area contributed by atoms with E-state index in [1.165, 1.54) is 0 Å². The molecule has 0 aliphatic rings. The Kier molecular flexibility index (Phi) is 3.44. The van der Waals surface area contributed by atoms with E-state index in [2.05, 4.69) is 11.8 Å². The summed E-state index contributed by atoms with van der Waals surface area (Å²) in [4.78, 5) is -0.197. The van der Waals surface area contributed by atoms with Gasteiger partial charge in [0, 0.05) is 7.05 Å². The number of ether oxygens (including phenoxy) is 1. The molecular formula is C8H7F3NO3S. The van der Waals surface area contributed by atoms with Crippen LogP contribution in [0.15, 0.2) is 29.2 Å². The lowest BCUT2D eigenvalue weighted by Crippen LogP contribution is -2.18. The molecule has 0 fully saturated rings. The summed E-state index contributed by atoms with van der Waals surface area (Å²) in [6.07, 6.45) is -4.80. The fourth-order valence-electron chi connectivity index (χ4n) is 0.904. The highest BCUT2D eigenvalue weighted by Crippen LogP contribution is 2.23. The van der Waals surface area contributed by atoms with Crippen LogP contribution < -0.4 is 9.46 Å². The van der Waals surface area contributed by atoms with Crippen molar-refractivity contribution in [2.75, 3.05) is 0 Å². The summed E-state index contributed by atoms with van der Waals surface area (Å²) in [5, 5.41) is 0. The van der Waals surface area contributed by atoms with E-state index in [0.717, 1.165) is 24.3 Å². The highest BCUT2D eigenvalue weighted by molar-refractivity contribution is 7.89. The Balaban J connectivity index is 2.93. The van der Waals surface area contributed by atoms with Gasteiger partial charge in [-0.2, -0.15) is 0 Å². The number of nitrogens with one attached hydrogen (secondary N) is 1. The third-order valence-electron chi connectivity index (χ3n) is 1.56. The van der Waals surface area contributed by atoms with Crippen molar-refractivity contribution >= 4 is 10.0 Å². The zero-order valence-corrected chi connectivity index (χ0v) is 8.60. The van der Waals surface area contributed by atoms with E-state index < -0.39 is 22.1 Å². The number of benzene rings is 1. The molecule has 0 heterocycles. The molecule has 1 aromatic rings. The molecule has 0 bridgehead atoms. The summed E-state index contributed by atoms with van der Waals surface area (Å²) in [7, 11) is -0.790. The van der Waals surface area contributed by atoms with E-state index in [0.29, 0.717) is 0 Å². The summed E-state index contributed by atoms with van der Waals surface area (Å²) in [5.41, 5.74) is 0. The smallest absolute Gasteiger partial charge is 0.406 e. The molecule has 1 N–H and O–H groups in total. The van der Waals surface area contributed by atoms with Crippen LogP contribution in [0.5, 0.6) is 5.75 Å². The summed E-state index contributed by atoms with van der Waals surface area (Å²) < 4.78 is 63.0. The van der Waals surface area contributed by atoms with Gasteiger partial charge in [-0.3, -0.25) is 0 Å². The van der Waals surface area contributed by atoms with Crippen molar-refractivity contribution in [1.82, 2.24) is 4.72 Å². The normalized spacial score (nSPS) is 12.5. The molecule has 4 nitrogen and oxygen atoms in total. The maximum absolute atomic E-state index is 11.8. The van der Waals surface area contributed by atoms with Crippen LogP contribution in [0.4, 0.5) is 13.2 Å². The van der Waals surface area contributed by atoms with Crippen molar-refractivity contribution in [3.05, 3.63) is 31.3 Å². The minimum atomic E-state index is -4.80. The molecule has 0 aliphatic carbocycles. The average Bonchev–Trinajstić information content (AvgIpc) is 2.16. The molecule has 1 aromatic carbocycles. The number of hydrogen-bond donors (Lipinski definition) is 1. The molecule has 89 valence electrons. The average molecular weight is 254 g/mol. The van der Waals surface area contributed by atoms with Crippen LogP contribution in [0.2, 0.25) is 0 Å². The van der Waals surface area contributed by atoms with E-state index in [1.807, 2.05) is 0 Å². The topological polar surface area (TPSA) is 55.4 Å². The number of sulfonamides is 1. The first kappa shape index (κ1) is 12.8. The molecule has 8 heteroatoms. The number of rotatable bonds is 3. The number of halogens is 3. The third-order valence-corrected chi connectivity index (χ3v) is 2.83. The molecule has 0 aliphatic heterocycles. The molecule has 0 saturated heterocycles. The van der Waals surface area contributed by atoms with E-state index in [9.17, 15) is 21.6 Å². The van der Waals surface area contributed by atoms with E-state index >= 15 is 0 Å². The number of hydrogen-bond acceptors (Lipinski definition) is 3. The maximum atomic E-state index is 11.8. The van der Waals surface area contributed by atoms with Crippen molar-refractivity contribution in [1.29, 1.82) is 0 Å². The van der Waals surface area contributed by atoms with Gasteiger partial charge in [-0.25, -0.2) is 13.1 Å². The van der Waals surface area contributed by atoms with Crippen LogP contribution in [0.3, 0.4) is 0 Å². The molecule has 1 rings (SSSR count). The standard InChI is InChI=1S/C8H7F3NO3S/c1-12-16(13,14)7-4-2-6(3-5-7)15-8(9,10)11/h2-5,12H,1H2. The second-order valence-electron chi connectivity index (χ2n) is 2.67. The van der Waals surface area contributed by atoms with Gasteiger partial charge in [0.25, 0.3) is 0 Å².